The Hall–Kier alpha value is -2.87. The topological polar surface area (TPSA) is 86.8 Å². The molecule has 33 heavy (non-hydrogen) atoms. The highest BCUT2D eigenvalue weighted by atomic mass is 32.2. The van der Waals surface area contributed by atoms with E-state index in [2.05, 4.69) is 5.32 Å². The van der Waals surface area contributed by atoms with E-state index in [1.165, 1.54) is 4.90 Å². The van der Waals surface area contributed by atoms with Crippen LogP contribution in [-0.2, 0) is 26.2 Å². The van der Waals surface area contributed by atoms with Gasteiger partial charge < -0.3 is 10.2 Å². The third kappa shape index (κ3) is 6.57. The predicted molar refractivity (Wildman–Crippen MR) is 130 cm³/mol. The number of nitrogens with one attached hydrogen (secondary N) is 1. The molecule has 0 spiro atoms. The van der Waals surface area contributed by atoms with Crippen LogP contribution in [0, 0.1) is 6.92 Å². The van der Waals surface area contributed by atoms with E-state index in [0.29, 0.717) is 5.69 Å². The first-order valence-corrected chi connectivity index (χ1v) is 13.2. The maximum absolute atomic E-state index is 13.5. The lowest BCUT2D eigenvalue weighted by molar-refractivity contribution is -0.139. The molecular weight excluding hydrogens is 438 g/mol. The summed E-state index contributed by atoms with van der Waals surface area (Å²) in [6, 6.07) is 15.6. The Morgan fingerprint density at radius 1 is 1.03 bits per heavy atom. The zero-order valence-corrected chi connectivity index (χ0v) is 20.3. The minimum absolute atomic E-state index is 0.132. The van der Waals surface area contributed by atoms with E-state index in [9.17, 15) is 18.0 Å². The van der Waals surface area contributed by atoms with E-state index in [0.717, 1.165) is 47.4 Å². The standard InChI is InChI=1S/C25H33N3O4S/c1-19-11-7-8-12-21(19)17-27(20(2)25(30)26-22-13-9-10-14-22)24(29)18-28(33(3,31)32)23-15-5-4-6-16-23/h4-8,11-12,15-16,20,22H,9-10,13-14,17-18H2,1-3H3,(H,26,30). The molecule has 0 heterocycles. The number of sulfonamides is 1. The van der Waals surface area contributed by atoms with Crippen LogP contribution >= 0.6 is 0 Å². The maximum atomic E-state index is 13.5. The largest absolute Gasteiger partial charge is 0.352 e. The molecule has 0 radical (unpaired) electrons. The first-order chi connectivity index (χ1) is 15.7. The summed E-state index contributed by atoms with van der Waals surface area (Å²) in [4.78, 5) is 28.0. The predicted octanol–water partition coefficient (Wildman–Crippen LogP) is 3.24. The monoisotopic (exact) mass is 471 g/mol. The normalized spacial score (nSPS) is 15.1. The molecule has 0 aliphatic heterocycles. The van der Waals surface area contributed by atoms with Crippen molar-refractivity contribution >= 4 is 27.5 Å². The lowest BCUT2D eigenvalue weighted by atomic mass is 10.1. The molecule has 2 aromatic rings. The molecule has 1 aliphatic rings. The van der Waals surface area contributed by atoms with E-state index in [1.807, 2.05) is 31.2 Å². The molecule has 0 bridgehead atoms. The summed E-state index contributed by atoms with van der Waals surface area (Å²) in [5, 5.41) is 3.06. The van der Waals surface area contributed by atoms with Gasteiger partial charge in [0.15, 0.2) is 0 Å². The van der Waals surface area contributed by atoms with Crippen molar-refractivity contribution in [1.29, 1.82) is 0 Å². The van der Waals surface area contributed by atoms with Crippen LogP contribution in [0.1, 0.15) is 43.7 Å². The summed E-state index contributed by atoms with van der Waals surface area (Å²) < 4.78 is 26.1. The summed E-state index contributed by atoms with van der Waals surface area (Å²) in [6.45, 7) is 3.49. The number of benzene rings is 2. The van der Waals surface area contributed by atoms with E-state index in [1.54, 1.807) is 37.3 Å². The smallest absolute Gasteiger partial charge is 0.244 e. The zero-order chi connectivity index (χ0) is 24.0. The molecule has 7 nitrogen and oxygen atoms in total. The maximum Gasteiger partial charge on any atom is 0.244 e. The first-order valence-electron chi connectivity index (χ1n) is 11.3. The van der Waals surface area contributed by atoms with Crippen LogP contribution in [-0.4, -0.2) is 50.0 Å². The Kier molecular flexibility index (Phi) is 8.13. The molecule has 2 amide bonds. The van der Waals surface area contributed by atoms with Crippen molar-refractivity contribution in [1.82, 2.24) is 10.2 Å². The fourth-order valence-electron chi connectivity index (χ4n) is 4.15. The van der Waals surface area contributed by atoms with Gasteiger partial charge in [0.2, 0.25) is 21.8 Å². The molecule has 0 saturated heterocycles. The fraction of sp³-hybridized carbons (Fsp3) is 0.440. The van der Waals surface area contributed by atoms with E-state index >= 15 is 0 Å². The molecular formula is C25H33N3O4S. The molecule has 1 atom stereocenters. The fourth-order valence-corrected chi connectivity index (χ4v) is 5.00. The van der Waals surface area contributed by atoms with Crippen LogP contribution in [0.25, 0.3) is 0 Å². The second kappa shape index (κ2) is 10.8. The van der Waals surface area contributed by atoms with Gasteiger partial charge in [0, 0.05) is 12.6 Å². The second-order valence-corrected chi connectivity index (χ2v) is 10.6. The number of hydrogen-bond donors (Lipinski definition) is 1. The van der Waals surface area contributed by atoms with Gasteiger partial charge in [0.25, 0.3) is 0 Å². The number of carbonyl (C=O) groups is 2. The number of para-hydroxylation sites is 1. The molecule has 0 aromatic heterocycles. The van der Waals surface area contributed by atoms with Gasteiger partial charge in [0.1, 0.15) is 12.6 Å². The summed E-state index contributed by atoms with van der Waals surface area (Å²) in [7, 11) is -3.71. The Morgan fingerprint density at radius 2 is 1.64 bits per heavy atom. The Bertz CT molecular complexity index is 1070. The molecule has 1 N–H and O–H groups in total. The van der Waals surface area contributed by atoms with Crippen LogP contribution in [0.15, 0.2) is 54.6 Å². The van der Waals surface area contributed by atoms with Gasteiger partial charge >= 0.3 is 0 Å². The van der Waals surface area contributed by atoms with Gasteiger partial charge in [-0.1, -0.05) is 55.3 Å². The van der Waals surface area contributed by atoms with Gasteiger partial charge in [-0.2, -0.15) is 0 Å². The summed E-state index contributed by atoms with van der Waals surface area (Å²) in [6.07, 6.45) is 5.15. The molecule has 3 rings (SSSR count). The van der Waals surface area contributed by atoms with E-state index in [-0.39, 0.29) is 25.0 Å². The average Bonchev–Trinajstić information content (AvgIpc) is 3.29. The lowest BCUT2D eigenvalue weighted by Gasteiger charge is -2.32. The molecule has 8 heteroatoms. The number of nitrogens with zero attached hydrogens (tertiary/aromatic N) is 2. The van der Waals surface area contributed by atoms with Crippen molar-refractivity contribution in [3.8, 4) is 0 Å². The van der Waals surface area contributed by atoms with Crippen LogP contribution in [0.3, 0.4) is 0 Å². The summed E-state index contributed by atoms with van der Waals surface area (Å²) in [5.41, 5.74) is 2.32. The van der Waals surface area contributed by atoms with E-state index in [4.69, 9.17) is 0 Å². The number of carbonyl (C=O) groups excluding carboxylic acids is 2. The average molecular weight is 472 g/mol. The van der Waals surface area contributed by atoms with Crippen molar-refractivity contribution in [3.05, 3.63) is 65.7 Å². The Morgan fingerprint density at radius 3 is 2.24 bits per heavy atom. The van der Waals surface area contributed by atoms with Crippen molar-refractivity contribution < 1.29 is 18.0 Å². The molecule has 1 aliphatic carbocycles. The Labute approximate surface area is 196 Å². The van der Waals surface area contributed by atoms with Crippen LogP contribution in [0.2, 0.25) is 0 Å². The third-order valence-corrected chi connectivity index (χ3v) is 7.33. The van der Waals surface area contributed by atoms with Gasteiger partial charge in [-0.05, 0) is 49.9 Å². The summed E-state index contributed by atoms with van der Waals surface area (Å²) in [5.74, 6) is -0.643. The number of anilines is 1. The zero-order valence-electron chi connectivity index (χ0n) is 19.5. The van der Waals surface area contributed by atoms with Crippen molar-refractivity contribution in [3.63, 3.8) is 0 Å². The highest BCUT2D eigenvalue weighted by molar-refractivity contribution is 7.92. The molecule has 1 unspecified atom stereocenters. The van der Waals surface area contributed by atoms with Gasteiger partial charge in [-0.25, -0.2) is 8.42 Å². The number of aryl methyl sites for hydroxylation is 1. The second-order valence-electron chi connectivity index (χ2n) is 8.72. The minimum Gasteiger partial charge on any atom is -0.352 e. The molecule has 178 valence electrons. The SMILES string of the molecule is Cc1ccccc1CN(C(=O)CN(c1ccccc1)S(C)(=O)=O)C(C)C(=O)NC1CCCC1. The van der Waals surface area contributed by atoms with Crippen LogP contribution in [0.4, 0.5) is 5.69 Å². The van der Waals surface area contributed by atoms with Gasteiger partial charge in [-0.15, -0.1) is 0 Å². The molecule has 1 fully saturated rings. The first kappa shape index (κ1) is 24.8. The number of hydrogen-bond acceptors (Lipinski definition) is 4. The highest BCUT2D eigenvalue weighted by Gasteiger charge is 2.31. The molecule has 2 aromatic carbocycles. The van der Waals surface area contributed by atoms with Gasteiger partial charge in [0.05, 0.1) is 11.9 Å². The van der Waals surface area contributed by atoms with Gasteiger partial charge in [-0.3, -0.25) is 13.9 Å². The minimum atomic E-state index is -3.71. The Balaban J connectivity index is 1.87. The quantitative estimate of drug-likeness (QED) is 0.608. The van der Waals surface area contributed by atoms with E-state index < -0.39 is 22.0 Å². The van der Waals surface area contributed by atoms with Crippen LogP contribution < -0.4 is 9.62 Å². The highest BCUT2D eigenvalue weighted by Crippen LogP contribution is 2.21. The van der Waals surface area contributed by atoms with Crippen molar-refractivity contribution in [2.45, 2.75) is 58.2 Å². The molecule has 1 saturated carbocycles. The lowest BCUT2D eigenvalue weighted by Crippen LogP contribution is -2.52. The van der Waals surface area contributed by atoms with Crippen molar-refractivity contribution in [2.75, 3.05) is 17.1 Å². The summed E-state index contributed by atoms with van der Waals surface area (Å²) >= 11 is 0. The number of rotatable bonds is 9. The third-order valence-electron chi connectivity index (χ3n) is 6.19. The van der Waals surface area contributed by atoms with Crippen LogP contribution in [0.5, 0.6) is 0 Å². The number of amides is 2. The van der Waals surface area contributed by atoms with Crippen molar-refractivity contribution in [2.24, 2.45) is 0 Å².